The average molecular weight is 394 g/mol. The number of benzene rings is 3. The van der Waals surface area contributed by atoms with E-state index in [0.717, 1.165) is 17.4 Å². The molecule has 0 heterocycles. The van der Waals surface area contributed by atoms with Gasteiger partial charge in [-0.05, 0) is 35.7 Å². The van der Waals surface area contributed by atoms with Crippen LogP contribution in [0.25, 0.3) is 0 Å². The van der Waals surface area contributed by atoms with Crippen LogP contribution in [-0.4, -0.2) is 20.6 Å². The summed E-state index contributed by atoms with van der Waals surface area (Å²) in [6.07, 6.45) is 1.73. The molecule has 0 bridgehead atoms. The van der Waals surface area contributed by atoms with E-state index in [2.05, 4.69) is 10.0 Å². The summed E-state index contributed by atoms with van der Waals surface area (Å²) in [4.78, 5) is 12.8. The van der Waals surface area contributed by atoms with E-state index in [0.29, 0.717) is 17.7 Å². The van der Waals surface area contributed by atoms with Gasteiger partial charge in [0, 0.05) is 11.3 Å². The van der Waals surface area contributed by atoms with Gasteiger partial charge < -0.3 is 5.32 Å². The molecule has 0 aliphatic carbocycles. The van der Waals surface area contributed by atoms with E-state index < -0.39 is 10.0 Å². The molecule has 3 rings (SSSR count). The van der Waals surface area contributed by atoms with Crippen LogP contribution >= 0.6 is 0 Å². The van der Waals surface area contributed by atoms with Crippen LogP contribution in [0.5, 0.6) is 0 Å². The number of sulfonamides is 1. The van der Waals surface area contributed by atoms with E-state index in [4.69, 9.17) is 0 Å². The van der Waals surface area contributed by atoms with Crippen LogP contribution < -0.4 is 10.0 Å². The molecule has 3 aromatic carbocycles. The molecule has 0 aromatic heterocycles. The Kier molecular flexibility index (Phi) is 6.11. The van der Waals surface area contributed by atoms with Crippen molar-refractivity contribution in [3.05, 3.63) is 102 Å². The fourth-order valence-corrected chi connectivity index (χ4v) is 3.52. The predicted octanol–water partition coefficient (Wildman–Crippen LogP) is 3.77. The van der Waals surface area contributed by atoms with E-state index in [1.165, 1.54) is 6.07 Å². The number of anilines is 1. The van der Waals surface area contributed by atoms with Crippen LogP contribution in [0.1, 0.15) is 27.5 Å². The van der Waals surface area contributed by atoms with Gasteiger partial charge in [0.2, 0.25) is 10.0 Å². The molecule has 0 aliphatic rings. The van der Waals surface area contributed by atoms with Crippen LogP contribution in [0, 0.1) is 0 Å². The highest BCUT2D eigenvalue weighted by atomic mass is 32.2. The van der Waals surface area contributed by atoms with Crippen molar-refractivity contribution in [3.63, 3.8) is 0 Å². The summed E-state index contributed by atoms with van der Waals surface area (Å²) in [5.74, 6) is -0.262. The second kappa shape index (κ2) is 8.71. The molecule has 1 unspecified atom stereocenters. The Morgan fingerprint density at radius 3 is 2.18 bits per heavy atom. The summed E-state index contributed by atoms with van der Waals surface area (Å²) in [7, 11) is -3.41. The first kappa shape index (κ1) is 19.6. The Balaban J connectivity index is 1.82. The van der Waals surface area contributed by atoms with E-state index >= 15 is 0 Å². The van der Waals surface area contributed by atoms with E-state index in [1.807, 2.05) is 60.7 Å². The summed E-state index contributed by atoms with van der Waals surface area (Å²) < 4.78 is 25.3. The quantitative estimate of drug-likeness (QED) is 0.640. The molecule has 144 valence electrons. The molecule has 3 aromatic rings. The minimum atomic E-state index is -3.41. The number of hydrogen-bond acceptors (Lipinski definition) is 3. The molecule has 28 heavy (non-hydrogen) atoms. The normalized spacial score (nSPS) is 12.2. The molecule has 0 radical (unpaired) electrons. The standard InChI is InChI=1S/C22H22N2O3S/c1-28(26,27)24-20-14-8-13-19(16-20)22(25)23-21(18-11-6-3-7-12-18)15-17-9-4-2-5-10-17/h2-14,16,21,24H,15H2,1H3,(H,23,25). The third kappa shape index (κ3) is 5.69. The van der Waals surface area contributed by atoms with Crippen molar-refractivity contribution in [2.45, 2.75) is 12.5 Å². The largest absolute Gasteiger partial charge is 0.345 e. The Morgan fingerprint density at radius 2 is 1.54 bits per heavy atom. The van der Waals surface area contributed by atoms with Crippen LogP contribution in [-0.2, 0) is 16.4 Å². The van der Waals surface area contributed by atoms with E-state index in [1.54, 1.807) is 18.2 Å². The van der Waals surface area contributed by atoms with Gasteiger partial charge in [0.25, 0.3) is 5.91 Å². The maximum atomic E-state index is 12.8. The van der Waals surface area contributed by atoms with Crippen molar-refractivity contribution in [1.82, 2.24) is 5.32 Å². The number of carbonyl (C=O) groups is 1. The fraction of sp³-hybridized carbons (Fsp3) is 0.136. The first-order chi connectivity index (χ1) is 13.4. The summed E-state index contributed by atoms with van der Waals surface area (Å²) in [6.45, 7) is 0. The van der Waals surface area contributed by atoms with Crippen LogP contribution in [0.15, 0.2) is 84.9 Å². The Morgan fingerprint density at radius 1 is 0.893 bits per heavy atom. The van der Waals surface area contributed by atoms with Crippen molar-refractivity contribution in [2.75, 3.05) is 11.0 Å². The van der Waals surface area contributed by atoms with Crippen molar-refractivity contribution < 1.29 is 13.2 Å². The third-order valence-corrected chi connectivity index (χ3v) is 4.82. The molecule has 0 aliphatic heterocycles. The Labute approximate surface area is 165 Å². The highest BCUT2D eigenvalue weighted by Gasteiger charge is 2.17. The van der Waals surface area contributed by atoms with Crippen molar-refractivity contribution in [1.29, 1.82) is 0 Å². The summed E-state index contributed by atoms with van der Waals surface area (Å²) in [5.41, 5.74) is 2.87. The number of amides is 1. The number of hydrogen-bond donors (Lipinski definition) is 2. The molecule has 0 spiro atoms. The van der Waals surface area contributed by atoms with Crippen LogP contribution in [0.4, 0.5) is 5.69 Å². The number of carbonyl (C=O) groups excluding carboxylic acids is 1. The second-order valence-corrected chi connectivity index (χ2v) is 8.33. The maximum Gasteiger partial charge on any atom is 0.251 e. The minimum Gasteiger partial charge on any atom is -0.345 e. The van der Waals surface area contributed by atoms with Gasteiger partial charge in [-0.25, -0.2) is 8.42 Å². The lowest BCUT2D eigenvalue weighted by Crippen LogP contribution is -2.30. The molecular formula is C22H22N2O3S. The fourth-order valence-electron chi connectivity index (χ4n) is 2.97. The molecule has 6 heteroatoms. The summed E-state index contributed by atoms with van der Waals surface area (Å²) in [6, 6.07) is 26.0. The molecule has 0 saturated carbocycles. The first-order valence-corrected chi connectivity index (χ1v) is 10.8. The van der Waals surface area contributed by atoms with Gasteiger partial charge in [-0.3, -0.25) is 9.52 Å². The second-order valence-electron chi connectivity index (χ2n) is 6.58. The van der Waals surface area contributed by atoms with Gasteiger partial charge in [0.1, 0.15) is 0 Å². The molecule has 5 nitrogen and oxygen atoms in total. The zero-order valence-corrected chi connectivity index (χ0v) is 16.3. The molecule has 1 atom stereocenters. The van der Waals surface area contributed by atoms with Gasteiger partial charge >= 0.3 is 0 Å². The van der Waals surface area contributed by atoms with E-state index in [-0.39, 0.29) is 11.9 Å². The zero-order valence-electron chi connectivity index (χ0n) is 15.5. The van der Waals surface area contributed by atoms with Gasteiger partial charge in [-0.1, -0.05) is 66.7 Å². The lowest BCUT2D eigenvalue weighted by molar-refractivity contribution is 0.0936. The SMILES string of the molecule is CS(=O)(=O)Nc1cccc(C(=O)NC(Cc2ccccc2)c2ccccc2)c1. The van der Waals surface area contributed by atoms with Crippen LogP contribution in [0.2, 0.25) is 0 Å². The Hall–Kier alpha value is -3.12. The van der Waals surface area contributed by atoms with Crippen molar-refractivity contribution >= 4 is 21.6 Å². The summed E-state index contributed by atoms with van der Waals surface area (Å²) in [5, 5.41) is 3.07. The Bertz CT molecular complexity index is 1040. The molecule has 0 saturated heterocycles. The average Bonchev–Trinajstić information content (AvgIpc) is 2.68. The summed E-state index contributed by atoms with van der Waals surface area (Å²) >= 11 is 0. The molecule has 0 fully saturated rings. The number of nitrogens with one attached hydrogen (secondary N) is 2. The topological polar surface area (TPSA) is 75.3 Å². The highest BCUT2D eigenvalue weighted by molar-refractivity contribution is 7.92. The van der Waals surface area contributed by atoms with Gasteiger partial charge in [0.05, 0.1) is 12.3 Å². The molecule has 2 N–H and O–H groups in total. The van der Waals surface area contributed by atoms with Crippen molar-refractivity contribution in [2.24, 2.45) is 0 Å². The van der Waals surface area contributed by atoms with Crippen molar-refractivity contribution in [3.8, 4) is 0 Å². The smallest absolute Gasteiger partial charge is 0.251 e. The maximum absolute atomic E-state index is 12.8. The van der Waals surface area contributed by atoms with E-state index in [9.17, 15) is 13.2 Å². The van der Waals surface area contributed by atoms with Crippen LogP contribution in [0.3, 0.4) is 0 Å². The zero-order chi connectivity index (χ0) is 20.0. The molecular weight excluding hydrogens is 372 g/mol. The predicted molar refractivity (Wildman–Crippen MR) is 112 cm³/mol. The monoisotopic (exact) mass is 394 g/mol. The lowest BCUT2D eigenvalue weighted by Gasteiger charge is -2.20. The van der Waals surface area contributed by atoms with Gasteiger partial charge in [-0.2, -0.15) is 0 Å². The third-order valence-electron chi connectivity index (χ3n) is 4.22. The highest BCUT2D eigenvalue weighted by Crippen LogP contribution is 2.20. The molecule has 1 amide bonds. The number of rotatable bonds is 7. The lowest BCUT2D eigenvalue weighted by atomic mass is 9.98. The minimum absolute atomic E-state index is 0.206. The van der Waals surface area contributed by atoms with Gasteiger partial charge in [-0.15, -0.1) is 0 Å². The van der Waals surface area contributed by atoms with Gasteiger partial charge in [0.15, 0.2) is 0 Å². The first-order valence-electron chi connectivity index (χ1n) is 8.88.